The van der Waals surface area contributed by atoms with Crippen LogP contribution in [0.15, 0.2) is 24.3 Å². The first-order chi connectivity index (χ1) is 8.15. The number of benzene rings is 1. The summed E-state index contributed by atoms with van der Waals surface area (Å²) >= 11 is 0. The molecular weight excluding hydrogens is 212 g/mol. The maximum Gasteiger partial charge on any atom is 0.0552 e. The fourth-order valence-corrected chi connectivity index (χ4v) is 2.43. The summed E-state index contributed by atoms with van der Waals surface area (Å²) < 4.78 is 0. The molecular formula is C14H22N2O. The second-order valence-corrected chi connectivity index (χ2v) is 5.08. The van der Waals surface area contributed by atoms with Gasteiger partial charge in [0.15, 0.2) is 0 Å². The Balaban J connectivity index is 1.78. The summed E-state index contributed by atoms with van der Waals surface area (Å²) in [5.41, 5.74) is 7.81. The summed E-state index contributed by atoms with van der Waals surface area (Å²) in [5.74, 6) is 0.460. The molecule has 1 aliphatic rings. The Hall–Kier alpha value is -1.06. The highest BCUT2D eigenvalue weighted by molar-refractivity contribution is 5.39. The summed E-state index contributed by atoms with van der Waals surface area (Å²) in [5, 5.41) is 9.55. The number of rotatable bonds is 4. The van der Waals surface area contributed by atoms with E-state index in [9.17, 15) is 5.11 Å². The Morgan fingerprint density at radius 1 is 1.41 bits per heavy atom. The van der Waals surface area contributed by atoms with Crippen LogP contribution in [0.3, 0.4) is 0 Å². The molecule has 0 bridgehead atoms. The first-order valence-corrected chi connectivity index (χ1v) is 6.40. The van der Waals surface area contributed by atoms with Crippen molar-refractivity contribution in [2.45, 2.75) is 25.9 Å². The number of nitrogens with zero attached hydrogens (tertiary/aromatic N) is 1. The lowest BCUT2D eigenvalue weighted by atomic mass is 10.0. The van der Waals surface area contributed by atoms with Gasteiger partial charge in [0.2, 0.25) is 0 Å². The van der Waals surface area contributed by atoms with E-state index in [-0.39, 0.29) is 6.10 Å². The molecule has 0 aliphatic carbocycles. The number of likely N-dealkylation sites (tertiary alicyclic amines) is 1. The normalized spacial score (nSPS) is 22.8. The Kier molecular flexibility index (Phi) is 4.02. The highest BCUT2D eigenvalue weighted by Crippen LogP contribution is 2.19. The van der Waals surface area contributed by atoms with Crippen molar-refractivity contribution in [1.29, 1.82) is 0 Å². The van der Waals surface area contributed by atoms with Gasteiger partial charge in [-0.05, 0) is 49.9 Å². The molecule has 1 saturated heterocycles. The highest BCUT2D eigenvalue weighted by Gasteiger charge is 2.25. The van der Waals surface area contributed by atoms with Crippen LogP contribution < -0.4 is 5.73 Å². The van der Waals surface area contributed by atoms with E-state index in [2.05, 4.69) is 17.0 Å². The molecule has 3 N–H and O–H groups in total. The molecule has 0 aromatic heterocycles. The SMILES string of the molecule is CC(O)C1CCN(CCc2ccc(N)cc2)C1. The van der Waals surface area contributed by atoms with Gasteiger partial charge in [-0.3, -0.25) is 0 Å². The Morgan fingerprint density at radius 2 is 2.12 bits per heavy atom. The molecule has 3 heteroatoms. The van der Waals surface area contributed by atoms with Crippen molar-refractivity contribution in [2.75, 3.05) is 25.4 Å². The van der Waals surface area contributed by atoms with Gasteiger partial charge in [0.25, 0.3) is 0 Å². The Morgan fingerprint density at radius 3 is 2.71 bits per heavy atom. The zero-order valence-electron chi connectivity index (χ0n) is 10.5. The molecule has 0 saturated carbocycles. The van der Waals surface area contributed by atoms with Crippen LogP contribution in [-0.2, 0) is 6.42 Å². The van der Waals surface area contributed by atoms with Gasteiger partial charge in [-0.25, -0.2) is 0 Å². The molecule has 94 valence electrons. The van der Waals surface area contributed by atoms with E-state index in [1.54, 1.807) is 0 Å². The highest BCUT2D eigenvalue weighted by atomic mass is 16.3. The smallest absolute Gasteiger partial charge is 0.0552 e. The van der Waals surface area contributed by atoms with Gasteiger partial charge in [-0.15, -0.1) is 0 Å². The number of aliphatic hydroxyl groups is 1. The van der Waals surface area contributed by atoms with Gasteiger partial charge in [-0.1, -0.05) is 12.1 Å². The summed E-state index contributed by atoms with van der Waals surface area (Å²) in [6.07, 6.45) is 2.02. The molecule has 2 rings (SSSR count). The topological polar surface area (TPSA) is 49.5 Å². The van der Waals surface area contributed by atoms with Gasteiger partial charge in [-0.2, -0.15) is 0 Å². The van der Waals surface area contributed by atoms with Crippen molar-refractivity contribution in [2.24, 2.45) is 5.92 Å². The van der Waals surface area contributed by atoms with E-state index < -0.39 is 0 Å². The van der Waals surface area contributed by atoms with Gasteiger partial charge in [0.1, 0.15) is 0 Å². The molecule has 0 spiro atoms. The van der Waals surface area contributed by atoms with Gasteiger partial charge in [0.05, 0.1) is 6.10 Å². The van der Waals surface area contributed by atoms with Crippen LogP contribution in [0.5, 0.6) is 0 Å². The molecule has 3 nitrogen and oxygen atoms in total. The summed E-state index contributed by atoms with van der Waals surface area (Å²) in [6.45, 7) is 5.12. The van der Waals surface area contributed by atoms with Crippen LogP contribution >= 0.6 is 0 Å². The molecule has 1 aromatic carbocycles. The minimum absolute atomic E-state index is 0.170. The fourth-order valence-electron chi connectivity index (χ4n) is 2.43. The second-order valence-electron chi connectivity index (χ2n) is 5.08. The molecule has 2 atom stereocenters. The minimum Gasteiger partial charge on any atom is -0.399 e. The van der Waals surface area contributed by atoms with Crippen LogP contribution in [0.4, 0.5) is 5.69 Å². The maximum atomic E-state index is 9.55. The van der Waals surface area contributed by atoms with E-state index in [4.69, 9.17) is 5.73 Å². The van der Waals surface area contributed by atoms with Crippen molar-refractivity contribution in [1.82, 2.24) is 4.90 Å². The van der Waals surface area contributed by atoms with Gasteiger partial charge < -0.3 is 15.7 Å². The molecule has 17 heavy (non-hydrogen) atoms. The molecule has 0 amide bonds. The van der Waals surface area contributed by atoms with Crippen LogP contribution in [-0.4, -0.2) is 35.7 Å². The molecule has 0 radical (unpaired) electrons. The van der Waals surface area contributed by atoms with Crippen LogP contribution in [0.1, 0.15) is 18.9 Å². The van der Waals surface area contributed by atoms with Crippen LogP contribution in [0, 0.1) is 5.92 Å². The van der Waals surface area contributed by atoms with Crippen molar-refractivity contribution in [3.63, 3.8) is 0 Å². The number of aliphatic hydroxyl groups excluding tert-OH is 1. The van der Waals surface area contributed by atoms with E-state index >= 15 is 0 Å². The average Bonchev–Trinajstić information content (AvgIpc) is 2.77. The lowest BCUT2D eigenvalue weighted by Gasteiger charge is -2.17. The number of hydrogen-bond donors (Lipinski definition) is 2. The number of nitrogen functional groups attached to an aromatic ring is 1. The summed E-state index contributed by atoms with van der Waals surface area (Å²) in [7, 11) is 0. The third-order valence-electron chi connectivity index (χ3n) is 3.69. The lowest BCUT2D eigenvalue weighted by Crippen LogP contribution is -2.26. The first kappa shape index (κ1) is 12.4. The largest absolute Gasteiger partial charge is 0.399 e. The van der Waals surface area contributed by atoms with Crippen LogP contribution in [0.2, 0.25) is 0 Å². The maximum absolute atomic E-state index is 9.55. The minimum atomic E-state index is -0.170. The van der Waals surface area contributed by atoms with E-state index in [0.717, 1.165) is 38.2 Å². The van der Waals surface area contributed by atoms with E-state index in [1.165, 1.54) is 5.56 Å². The molecule has 1 heterocycles. The zero-order valence-corrected chi connectivity index (χ0v) is 10.5. The first-order valence-electron chi connectivity index (χ1n) is 6.40. The number of anilines is 1. The fraction of sp³-hybridized carbons (Fsp3) is 0.571. The third kappa shape index (κ3) is 3.45. The quantitative estimate of drug-likeness (QED) is 0.776. The Labute approximate surface area is 103 Å². The predicted octanol–water partition coefficient (Wildman–Crippen LogP) is 1.51. The predicted molar refractivity (Wildman–Crippen MR) is 70.8 cm³/mol. The van der Waals surface area contributed by atoms with Crippen molar-refractivity contribution >= 4 is 5.69 Å². The summed E-state index contributed by atoms with van der Waals surface area (Å²) in [4.78, 5) is 2.44. The van der Waals surface area contributed by atoms with Crippen molar-refractivity contribution in [3.05, 3.63) is 29.8 Å². The molecule has 2 unspecified atom stereocenters. The number of hydrogen-bond acceptors (Lipinski definition) is 3. The standard InChI is InChI=1S/C14H22N2O/c1-11(17)13-7-9-16(10-13)8-6-12-2-4-14(15)5-3-12/h2-5,11,13,17H,6-10,15H2,1H3. The second kappa shape index (κ2) is 5.52. The van der Waals surface area contributed by atoms with E-state index in [0.29, 0.717) is 5.92 Å². The van der Waals surface area contributed by atoms with Crippen molar-refractivity contribution in [3.8, 4) is 0 Å². The lowest BCUT2D eigenvalue weighted by molar-refractivity contribution is 0.128. The van der Waals surface area contributed by atoms with E-state index in [1.807, 2.05) is 19.1 Å². The molecule has 1 aliphatic heterocycles. The zero-order chi connectivity index (χ0) is 12.3. The molecule has 1 aromatic rings. The van der Waals surface area contributed by atoms with Gasteiger partial charge >= 0.3 is 0 Å². The van der Waals surface area contributed by atoms with Crippen LogP contribution in [0.25, 0.3) is 0 Å². The molecule has 1 fully saturated rings. The van der Waals surface area contributed by atoms with Crippen molar-refractivity contribution < 1.29 is 5.11 Å². The number of nitrogens with two attached hydrogens (primary N) is 1. The third-order valence-corrected chi connectivity index (χ3v) is 3.69. The average molecular weight is 234 g/mol. The summed E-state index contributed by atoms with van der Waals surface area (Å²) in [6, 6.07) is 8.10. The Bertz CT molecular complexity index is 348. The monoisotopic (exact) mass is 234 g/mol. The van der Waals surface area contributed by atoms with Gasteiger partial charge in [0, 0.05) is 18.8 Å².